The smallest absolute Gasteiger partial charge is 0.0767 e. The Kier molecular flexibility index (Phi) is 4.59. The quantitative estimate of drug-likeness (QED) is 0.925. The molecule has 1 atom stereocenters. The molecule has 0 bridgehead atoms. The lowest BCUT2D eigenvalue weighted by Gasteiger charge is -2.23. The first-order chi connectivity index (χ1) is 8.22. The first kappa shape index (κ1) is 13.1. The fourth-order valence-corrected chi connectivity index (χ4v) is 2.91. The second-order valence-corrected chi connectivity index (χ2v) is 5.27. The maximum atomic E-state index is 5.46. The van der Waals surface area contributed by atoms with Gasteiger partial charge in [-0.3, -0.25) is 4.68 Å². The molecule has 17 heavy (non-hydrogen) atoms. The second-order valence-electron chi connectivity index (χ2n) is 4.48. The maximum absolute atomic E-state index is 5.46. The zero-order valence-electron chi connectivity index (χ0n) is 10.5. The van der Waals surface area contributed by atoms with Gasteiger partial charge in [0.25, 0.3) is 0 Å². The van der Waals surface area contributed by atoms with Gasteiger partial charge in [-0.25, -0.2) is 0 Å². The summed E-state index contributed by atoms with van der Waals surface area (Å²) >= 11 is 3.63. The topological polar surface area (TPSA) is 39.1 Å². The van der Waals surface area contributed by atoms with Gasteiger partial charge in [-0.1, -0.05) is 6.92 Å². The van der Waals surface area contributed by atoms with Gasteiger partial charge in [-0.15, -0.1) is 0 Å². The van der Waals surface area contributed by atoms with Crippen molar-refractivity contribution in [3.05, 3.63) is 15.9 Å². The van der Waals surface area contributed by atoms with Crippen molar-refractivity contribution in [1.29, 1.82) is 0 Å². The van der Waals surface area contributed by atoms with Gasteiger partial charge in [0.1, 0.15) is 0 Å². The number of rotatable bonds is 4. The average molecular weight is 302 g/mol. The molecule has 0 spiro atoms. The Bertz CT molecular complexity index is 372. The Balaban J connectivity index is 1.95. The molecule has 2 heterocycles. The molecule has 1 N–H and O–H groups in total. The summed E-state index contributed by atoms with van der Waals surface area (Å²) < 4.78 is 8.56. The van der Waals surface area contributed by atoms with E-state index in [1.54, 1.807) is 0 Å². The van der Waals surface area contributed by atoms with E-state index in [1.807, 2.05) is 11.7 Å². The Hall–Kier alpha value is -0.390. The van der Waals surface area contributed by atoms with E-state index in [-0.39, 0.29) is 0 Å². The lowest BCUT2D eigenvalue weighted by molar-refractivity contribution is 0.0697. The summed E-state index contributed by atoms with van der Waals surface area (Å²) in [5.41, 5.74) is 2.34. The molecular weight excluding hydrogens is 282 g/mol. The molecular formula is C12H20BrN3O. The van der Waals surface area contributed by atoms with E-state index in [0.717, 1.165) is 42.8 Å². The number of aromatic nitrogens is 2. The Morgan fingerprint density at radius 3 is 3.00 bits per heavy atom. The van der Waals surface area contributed by atoms with Crippen LogP contribution in [0.15, 0.2) is 4.47 Å². The number of halogens is 1. The minimum atomic E-state index is 0.482. The summed E-state index contributed by atoms with van der Waals surface area (Å²) in [6.45, 7) is 4.71. The molecule has 2 rings (SSSR count). The van der Waals surface area contributed by atoms with Gasteiger partial charge >= 0.3 is 0 Å². The monoisotopic (exact) mass is 301 g/mol. The summed E-state index contributed by atoms with van der Waals surface area (Å²) in [4.78, 5) is 0. The molecule has 4 nitrogen and oxygen atoms in total. The van der Waals surface area contributed by atoms with E-state index in [9.17, 15) is 0 Å². The molecule has 0 radical (unpaired) electrons. The Labute approximate surface area is 111 Å². The molecule has 0 amide bonds. The highest BCUT2D eigenvalue weighted by atomic mass is 79.9. The highest BCUT2D eigenvalue weighted by Gasteiger charge is 2.16. The predicted octanol–water partition coefficient (Wildman–Crippen LogP) is 2.01. The van der Waals surface area contributed by atoms with Crippen molar-refractivity contribution in [2.75, 3.05) is 13.2 Å². The fourth-order valence-electron chi connectivity index (χ4n) is 2.15. The summed E-state index contributed by atoms with van der Waals surface area (Å²) in [5.74, 6) is 0. The van der Waals surface area contributed by atoms with Crippen LogP contribution in [0.2, 0.25) is 0 Å². The summed E-state index contributed by atoms with van der Waals surface area (Å²) in [6, 6.07) is 0.482. The average Bonchev–Trinajstić information content (AvgIpc) is 2.63. The van der Waals surface area contributed by atoms with Crippen LogP contribution in [0.3, 0.4) is 0 Å². The van der Waals surface area contributed by atoms with E-state index in [2.05, 4.69) is 33.3 Å². The SMILES string of the molecule is CCc1nn(C)c(CNC2CCCOC2)c1Br. The zero-order chi connectivity index (χ0) is 12.3. The molecule has 1 aliphatic rings. The number of nitrogens with zero attached hydrogens (tertiary/aromatic N) is 2. The molecule has 96 valence electrons. The number of aryl methyl sites for hydroxylation is 2. The molecule has 1 fully saturated rings. The molecule has 5 heteroatoms. The number of hydrogen-bond acceptors (Lipinski definition) is 3. The van der Waals surface area contributed by atoms with Gasteiger partial charge in [-0.2, -0.15) is 5.10 Å². The van der Waals surface area contributed by atoms with Gasteiger partial charge in [0.2, 0.25) is 0 Å². The number of hydrogen-bond donors (Lipinski definition) is 1. The van der Waals surface area contributed by atoms with Crippen molar-refractivity contribution in [3.8, 4) is 0 Å². The third kappa shape index (κ3) is 3.09. The Morgan fingerprint density at radius 1 is 1.59 bits per heavy atom. The second kappa shape index (κ2) is 5.98. The normalized spacial score (nSPS) is 20.8. The minimum absolute atomic E-state index is 0.482. The van der Waals surface area contributed by atoms with Crippen LogP contribution in [-0.4, -0.2) is 29.0 Å². The van der Waals surface area contributed by atoms with Crippen LogP contribution >= 0.6 is 15.9 Å². The third-order valence-electron chi connectivity index (χ3n) is 3.22. The van der Waals surface area contributed by atoms with Gasteiger partial charge in [0, 0.05) is 26.2 Å². The predicted molar refractivity (Wildman–Crippen MR) is 71.0 cm³/mol. The highest BCUT2D eigenvalue weighted by Crippen LogP contribution is 2.21. The lowest BCUT2D eigenvalue weighted by Crippen LogP contribution is -2.36. The first-order valence-corrected chi connectivity index (χ1v) is 7.03. The van der Waals surface area contributed by atoms with Crippen LogP contribution in [0.5, 0.6) is 0 Å². The minimum Gasteiger partial charge on any atom is -0.380 e. The van der Waals surface area contributed by atoms with Crippen LogP contribution in [0.4, 0.5) is 0 Å². The van der Waals surface area contributed by atoms with Gasteiger partial charge in [-0.05, 0) is 35.2 Å². The molecule has 1 aromatic heterocycles. The van der Waals surface area contributed by atoms with Crippen molar-refractivity contribution in [2.24, 2.45) is 7.05 Å². The van der Waals surface area contributed by atoms with Crippen molar-refractivity contribution < 1.29 is 4.74 Å². The Morgan fingerprint density at radius 2 is 2.41 bits per heavy atom. The van der Waals surface area contributed by atoms with Crippen LogP contribution < -0.4 is 5.32 Å². The fraction of sp³-hybridized carbons (Fsp3) is 0.750. The highest BCUT2D eigenvalue weighted by molar-refractivity contribution is 9.10. The van der Waals surface area contributed by atoms with Crippen LogP contribution in [0, 0.1) is 0 Å². The van der Waals surface area contributed by atoms with Crippen LogP contribution in [0.25, 0.3) is 0 Å². The van der Waals surface area contributed by atoms with E-state index in [4.69, 9.17) is 4.74 Å². The molecule has 0 aliphatic carbocycles. The van der Waals surface area contributed by atoms with Gasteiger partial charge in [0.05, 0.1) is 22.5 Å². The molecule has 1 aromatic rings. The van der Waals surface area contributed by atoms with E-state index in [1.165, 1.54) is 12.1 Å². The molecule has 0 aromatic carbocycles. The van der Waals surface area contributed by atoms with Crippen molar-refractivity contribution in [3.63, 3.8) is 0 Å². The van der Waals surface area contributed by atoms with Crippen LogP contribution in [-0.2, 0) is 24.8 Å². The van der Waals surface area contributed by atoms with Crippen LogP contribution in [0.1, 0.15) is 31.2 Å². The summed E-state index contributed by atoms with van der Waals surface area (Å²) in [7, 11) is 2.00. The van der Waals surface area contributed by atoms with Crippen molar-refractivity contribution in [2.45, 2.75) is 38.8 Å². The standard InChI is InChI=1S/C12H20BrN3O/c1-3-10-12(13)11(16(2)15-10)7-14-9-5-4-6-17-8-9/h9,14H,3-8H2,1-2H3. The lowest BCUT2D eigenvalue weighted by atomic mass is 10.1. The summed E-state index contributed by atoms with van der Waals surface area (Å²) in [6.07, 6.45) is 3.32. The van der Waals surface area contributed by atoms with Gasteiger partial charge in [0.15, 0.2) is 0 Å². The van der Waals surface area contributed by atoms with Crippen molar-refractivity contribution in [1.82, 2.24) is 15.1 Å². The van der Waals surface area contributed by atoms with Crippen molar-refractivity contribution >= 4 is 15.9 Å². The van der Waals surface area contributed by atoms with E-state index < -0.39 is 0 Å². The largest absolute Gasteiger partial charge is 0.380 e. The molecule has 1 unspecified atom stereocenters. The third-order valence-corrected chi connectivity index (χ3v) is 4.14. The molecule has 1 saturated heterocycles. The van der Waals surface area contributed by atoms with E-state index in [0.29, 0.717) is 6.04 Å². The number of ether oxygens (including phenoxy) is 1. The van der Waals surface area contributed by atoms with E-state index >= 15 is 0 Å². The number of nitrogens with one attached hydrogen (secondary N) is 1. The van der Waals surface area contributed by atoms with Gasteiger partial charge < -0.3 is 10.1 Å². The summed E-state index contributed by atoms with van der Waals surface area (Å²) in [5, 5.41) is 8.03. The first-order valence-electron chi connectivity index (χ1n) is 6.23. The molecule has 1 aliphatic heterocycles. The zero-order valence-corrected chi connectivity index (χ0v) is 12.1. The maximum Gasteiger partial charge on any atom is 0.0767 e. The molecule has 0 saturated carbocycles.